The van der Waals surface area contributed by atoms with Crippen LogP contribution in [-0.2, 0) is 28.8 Å². The van der Waals surface area contributed by atoms with E-state index in [1.807, 2.05) is 10.6 Å². The number of nitrogens with two attached hydrogens (primary N) is 1. The summed E-state index contributed by atoms with van der Waals surface area (Å²) in [6.45, 7) is 0.101. The van der Waals surface area contributed by atoms with Crippen molar-refractivity contribution in [3.05, 3.63) is 0 Å². The summed E-state index contributed by atoms with van der Waals surface area (Å²) in [7, 11) is 0. The van der Waals surface area contributed by atoms with Gasteiger partial charge in [-0.15, -0.1) is 0 Å². The summed E-state index contributed by atoms with van der Waals surface area (Å²) < 4.78 is 0. The van der Waals surface area contributed by atoms with Crippen LogP contribution in [0, 0.1) is 0 Å². The second-order valence-corrected chi connectivity index (χ2v) is 6.51. The summed E-state index contributed by atoms with van der Waals surface area (Å²) in [4.78, 5) is 68.7. The normalized spacial score (nSPS) is 15.5. The molecule has 0 heterocycles. The number of carbonyl (C=O) groups is 6. The number of aliphatic carboxylic acids is 3. The highest BCUT2D eigenvalue weighted by Gasteiger charge is 2.32. The SMILES string of the molecule is CC(O)C(NC(=O)C(N)CCC(=O)O)C(=O)NC(CO)C(=O)NC(CC(=O)O)C(=O)O. The lowest BCUT2D eigenvalue weighted by atomic mass is 10.1. The maximum atomic E-state index is 12.4. The molecule has 0 radical (unpaired) electrons. The first-order valence-electron chi connectivity index (χ1n) is 8.92. The van der Waals surface area contributed by atoms with E-state index in [1.54, 1.807) is 0 Å². The van der Waals surface area contributed by atoms with E-state index in [2.05, 4.69) is 5.32 Å². The molecule has 0 bridgehead atoms. The third kappa shape index (κ3) is 10.3. The molecule has 5 unspecified atom stereocenters. The maximum absolute atomic E-state index is 12.4. The van der Waals surface area contributed by atoms with Gasteiger partial charge in [0, 0.05) is 6.42 Å². The Bertz CT molecular complexity index is 697. The van der Waals surface area contributed by atoms with E-state index < -0.39 is 85.3 Å². The lowest BCUT2D eigenvalue weighted by Gasteiger charge is -2.25. The van der Waals surface area contributed by atoms with Crippen molar-refractivity contribution in [3.8, 4) is 0 Å². The molecule has 0 aliphatic carbocycles. The molecule has 15 heteroatoms. The van der Waals surface area contributed by atoms with Crippen LogP contribution in [0.4, 0.5) is 0 Å². The number of aliphatic hydroxyl groups excluding tert-OH is 2. The smallest absolute Gasteiger partial charge is 0.326 e. The topological polar surface area (TPSA) is 266 Å². The molecule has 0 aliphatic rings. The zero-order chi connectivity index (χ0) is 24.3. The van der Waals surface area contributed by atoms with Crippen molar-refractivity contribution in [2.45, 2.75) is 56.5 Å². The van der Waals surface area contributed by atoms with Crippen molar-refractivity contribution in [2.75, 3.05) is 6.61 Å². The van der Waals surface area contributed by atoms with Crippen molar-refractivity contribution in [2.24, 2.45) is 5.73 Å². The second-order valence-electron chi connectivity index (χ2n) is 6.51. The molecule has 0 aliphatic heterocycles. The van der Waals surface area contributed by atoms with Crippen LogP contribution in [0.2, 0.25) is 0 Å². The molecule has 10 N–H and O–H groups in total. The quantitative estimate of drug-likeness (QED) is 0.121. The van der Waals surface area contributed by atoms with Gasteiger partial charge in [-0.2, -0.15) is 0 Å². The largest absolute Gasteiger partial charge is 0.481 e. The fraction of sp³-hybridized carbons (Fsp3) is 0.625. The highest BCUT2D eigenvalue weighted by molar-refractivity contribution is 5.95. The Morgan fingerprint density at radius 2 is 1.39 bits per heavy atom. The van der Waals surface area contributed by atoms with Gasteiger partial charge < -0.3 is 47.2 Å². The van der Waals surface area contributed by atoms with Crippen LogP contribution in [0.5, 0.6) is 0 Å². The molecule has 0 fully saturated rings. The van der Waals surface area contributed by atoms with E-state index >= 15 is 0 Å². The summed E-state index contributed by atoms with van der Waals surface area (Å²) in [6, 6.07) is -6.54. The molecule has 0 aromatic heterocycles. The Labute approximate surface area is 175 Å². The van der Waals surface area contributed by atoms with Crippen LogP contribution in [-0.4, -0.2) is 98.0 Å². The van der Waals surface area contributed by atoms with E-state index in [-0.39, 0.29) is 6.42 Å². The van der Waals surface area contributed by atoms with Crippen molar-refractivity contribution >= 4 is 35.6 Å². The monoisotopic (exact) mass is 450 g/mol. The molecule has 0 aromatic carbocycles. The molecule has 3 amide bonds. The standard InChI is InChI=1S/C16H26N4O11/c1-6(22)12(20-13(27)7(17)2-3-10(23)24)15(29)19-9(5-21)14(28)18-8(16(30)31)4-11(25)26/h6-9,12,21-22H,2-5,17H2,1H3,(H,18,28)(H,19,29)(H,20,27)(H,23,24)(H,25,26)(H,30,31). The molecular formula is C16H26N4O11. The molecular weight excluding hydrogens is 424 g/mol. The van der Waals surface area contributed by atoms with Gasteiger partial charge in [0.15, 0.2) is 0 Å². The predicted molar refractivity (Wildman–Crippen MR) is 99.3 cm³/mol. The number of carboxylic acids is 3. The summed E-state index contributed by atoms with van der Waals surface area (Å²) >= 11 is 0. The molecule has 0 saturated heterocycles. The van der Waals surface area contributed by atoms with Gasteiger partial charge >= 0.3 is 17.9 Å². The van der Waals surface area contributed by atoms with Gasteiger partial charge in [0.1, 0.15) is 18.1 Å². The Morgan fingerprint density at radius 1 is 0.839 bits per heavy atom. The van der Waals surface area contributed by atoms with Gasteiger partial charge in [-0.1, -0.05) is 0 Å². The molecule has 0 rings (SSSR count). The minimum Gasteiger partial charge on any atom is -0.481 e. The molecule has 0 aromatic rings. The maximum Gasteiger partial charge on any atom is 0.326 e. The van der Waals surface area contributed by atoms with Crippen LogP contribution < -0.4 is 21.7 Å². The Balaban J connectivity index is 5.15. The summed E-state index contributed by atoms with van der Waals surface area (Å²) in [5, 5.41) is 51.2. The van der Waals surface area contributed by atoms with Gasteiger partial charge in [0.05, 0.1) is 25.2 Å². The minimum atomic E-state index is -1.84. The zero-order valence-corrected chi connectivity index (χ0v) is 16.5. The van der Waals surface area contributed by atoms with Crippen LogP contribution in [0.3, 0.4) is 0 Å². The summed E-state index contributed by atoms with van der Waals surface area (Å²) in [5.74, 6) is -7.71. The third-order valence-corrected chi connectivity index (χ3v) is 3.88. The van der Waals surface area contributed by atoms with Gasteiger partial charge in [-0.3, -0.25) is 24.0 Å². The van der Waals surface area contributed by atoms with E-state index in [1.165, 1.54) is 0 Å². The molecule has 15 nitrogen and oxygen atoms in total. The number of rotatable bonds is 14. The first-order chi connectivity index (χ1) is 14.3. The van der Waals surface area contributed by atoms with Crippen molar-refractivity contribution in [3.63, 3.8) is 0 Å². The first kappa shape index (κ1) is 27.7. The Kier molecular flexibility index (Phi) is 11.7. The Hall–Kier alpha value is -3.30. The average Bonchev–Trinajstić information content (AvgIpc) is 2.66. The van der Waals surface area contributed by atoms with E-state index in [0.717, 1.165) is 6.92 Å². The van der Waals surface area contributed by atoms with E-state index in [4.69, 9.17) is 21.1 Å². The fourth-order valence-corrected chi connectivity index (χ4v) is 2.18. The van der Waals surface area contributed by atoms with Crippen LogP contribution in [0.15, 0.2) is 0 Å². The van der Waals surface area contributed by atoms with Crippen molar-refractivity contribution < 1.29 is 54.3 Å². The van der Waals surface area contributed by atoms with Crippen molar-refractivity contribution in [1.82, 2.24) is 16.0 Å². The molecule has 176 valence electrons. The lowest BCUT2D eigenvalue weighted by molar-refractivity contribution is -0.147. The summed E-state index contributed by atoms with van der Waals surface area (Å²) in [6.07, 6.45) is -3.14. The number of nitrogens with one attached hydrogen (secondary N) is 3. The minimum absolute atomic E-state index is 0.253. The molecule has 0 saturated carbocycles. The van der Waals surface area contributed by atoms with Gasteiger partial charge in [-0.05, 0) is 13.3 Å². The Morgan fingerprint density at radius 3 is 1.81 bits per heavy atom. The van der Waals surface area contributed by atoms with E-state index in [9.17, 15) is 39.0 Å². The second kappa shape index (κ2) is 13.1. The van der Waals surface area contributed by atoms with Crippen LogP contribution in [0.1, 0.15) is 26.2 Å². The molecule has 5 atom stereocenters. The van der Waals surface area contributed by atoms with Crippen LogP contribution >= 0.6 is 0 Å². The fourth-order valence-electron chi connectivity index (χ4n) is 2.18. The third-order valence-electron chi connectivity index (χ3n) is 3.88. The van der Waals surface area contributed by atoms with Gasteiger partial charge in [-0.25, -0.2) is 4.79 Å². The van der Waals surface area contributed by atoms with Gasteiger partial charge in [0.25, 0.3) is 0 Å². The number of hydrogen-bond acceptors (Lipinski definition) is 9. The lowest BCUT2D eigenvalue weighted by Crippen LogP contribution is -2.60. The van der Waals surface area contributed by atoms with Crippen molar-refractivity contribution in [1.29, 1.82) is 0 Å². The number of hydrogen-bond donors (Lipinski definition) is 9. The van der Waals surface area contributed by atoms with E-state index in [0.29, 0.717) is 0 Å². The number of amides is 3. The highest BCUT2D eigenvalue weighted by Crippen LogP contribution is 2.01. The number of carbonyl (C=O) groups excluding carboxylic acids is 3. The zero-order valence-electron chi connectivity index (χ0n) is 16.5. The highest BCUT2D eigenvalue weighted by atomic mass is 16.4. The number of aliphatic hydroxyl groups is 2. The van der Waals surface area contributed by atoms with Gasteiger partial charge in [0.2, 0.25) is 17.7 Å². The average molecular weight is 450 g/mol. The van der Waals surface area contributed by atoms with Crippen LogP contribution in [0.25, 0.3) is 0 Å². The number of carboxylic acid groups (broad SMARTS) is 3. The first-order valence-corrected chi connectivity index (χ1v) is 8.92. The molecule has 0 spiro atoms. The predicted octanol–water partition coefficient (Wildman–Crippen LogP) is -4.43. The molecule has 31 heavy (non-hydrogen) atoms. The summed E-state index contributed by atoms with van der Waals surface area (Å²) in [5.41, 5.74) is 5.52.